The molecule has 4 rings (SSSR count). The van der Waals surface area contributed by atoms with Crippen LogP contribution in [0.3, 0.4) is 0 Å². The monoisotopic (exact) mass is 461 g/mol. The minimum absolute atomic E-state index is 0.514. The zero-order valence-corrected chi connectivity index (χ0v) is 19.4. The first-order chi connectivity index (χ1) is 16.3. The van der Waals surface area contributed by atoms with Crippen LogP contribution in [-0.2, 0) is 13.2 Å². The molecule has 0 saturated heterocycles. The van der Waals surface area contributed by atoms with Gasteiger partial charge in [-0.2, -0.15) is 4.68 Å². The highest BCUT2D eigenvalue weighted by Crippen LogP contribution is 2.29. The number of hydrogen-bond donors (Lipinski definition) is 1. The molecule has 1 N–H and O–H groups in total. The molecule has 4 aromatic rings. The fraction of sp³-hybridized carbons (Fsp3) is 0.240. The summed E-state index contributed by atoms with van der Waals surface area (Å²) in [6.45, 7) is 2.18. The lowest BCUT2D eigenvalue weighted by molar-refractivity contribution is 0.284. The van der Waals surface area contributed by atoms with Crippen LogP contribution in [0.1, 0.15) is 17.5 Å². The summed E-state index contributed by atoms with van der Waals surface area (Å²) in [4.78, 5) is 0. The Morgan fingerprint density at radius 1 is 0.909 bits per heavy atom. The van der Waals surface area contributed by atoms with E-state index in [1.807, 2.05) is 72.8 Å². The molecule has 0 atom stereocenters. The Morgan fingerprint density at radius 2 is 1.70 bits per heavy atom. The van der Waals surface area contributed by atoms with Gasteiger partial charge in [0.1, 0.15) is 6.61 Å². The summed E-state index contributed by atoms with van der Waals surface area (Å²) in [5.74, 6) is 2.42. The predicted molar refractivity (Wildman–Crippen MR) is 130 cm³/mol. The smallest absolute Gasteiger partial charge is 0.214 e. The van der Waals surface area contributed by atoms with Crippen molar-refractivity contribution in [1.29, 1.82) is 0 Å². The maximum absolute atomic E-state index is 5.94. The molecule has 0 saturated carbocycles. The number of hydrogen-bond acceptors (Lipinski definition) is 7. The summed E-state index contributed by atoms with van der Waals surface area (Å²) in [7, 11) is 1.67. The van der Waals surface area contributed by atoms with Gasteiger partial charge in [0, 0.05) is 12.3 Å². The molecule has 1 aromatic heterocycles. The summed E-state index contributed by atoms with van der Waals surface area (Å²) in [6.07, 6.45) is 1.00. The van der Waals surface area contributed by atoms with Crippen LogP contribution >= 0.6 is 11.8 Å². The van der Waals surface area contributed by atoms with Crippen molar-refractivity contribution >= 4 is 11.8 Å². The lowest BCUT2D eigenvalue weighted by Crippen LogP contribution is -2.15. The molecule has 0 spiro atoms. The van der Waals surface area contributed by atoms with Crippen LogP contribution < -0.4 is 14.8 Å². The number of ether oxygens (including phenoxy) is 2. The Morgan fingerprint density at radius 3 is 2.48 bits per heavy atom. The second-order valence-corrected chi connectivity index (χ2v) is 8.41. The van der Waals surface area contributed by atoms with Gasteiger partial charge in [-0.1, -0.05) is 66.4 Å². The van der Waals surface area contributed by atoms with Gasteiger partial charge in [0.05, 0.1) is 12.8 Å². The van der Waals surface area contributed by atoms with Gasteiger partial charge >= 0.3 is 0 Å². The largest absolute Gasteiger partial charge is 0.493 e. The number of para-hydroxylation sites is 1. The van der Waals surface area contributed by atoms with Crippen LogP contribution in [0.5, 0.6) is 11.5 Å². The molecular formula is C25H27N5O2S. The van der Waals surface area contributed by atoms with Crippen molar-refractivity contribution in [2.24, 2.45) is 0 Å². The van der Waals surface area contributed by atoms with E-state index in [4.69, 9.17) is 9.47 Å². The summed E-state index contributed by atoms with van der Waals surface area (Å²) >= 11 is 1.66. The fourth-order valence-electron chi connectivity index (χ4n) is 3.27. The average Bonchev–Trinajstić information content (AvgIpc) is 3.35. The van der Waals surface area contributed by atoms with Crippen LogP contribution in [0.25, 0.3) is 5.69 Å². The van der Waals surface area contributed by atoms with E-state index in [9.17, 15) is 0 Å². The number of aromatic nitrogens is 4. The topological polar surface area (TPSA) is 74.1 Å². The van der Waals surface area contributed by atoms with E-state index in [0.717, 1.165) is 58.7 Å². The second-order valence-electron chi connectivity index (χ2n) is 7.35. The van der Waals surface area contributed by atoms with E-state index >= 15 is 0 Å². The number of thioether (sulfide) groups is 1. The molecular weight excluding hydrogens is 434 g/mol. The number of rotatable bonds is 12. The maximum Gasteiger partial charge on any atom is 0.214 e. The lowest BCUT2D eigenvalue weighted by atomic mass is 10.2. The molecule has 0 unspecified atom stereocenters. The quantitative estimate of drug-likeness (QED) is 0.246. The lowest BCUT2D eigenvalue weighted by Gasteiger charge is -2.13. The zero-order chi connectivity index (χ0) is 22.7. The van der Waals surface area contributed by atoms with Crippen LogP contribution in [0.2, 0.25) is 0 Å². The third kappa shape index (κ3) is 6.57. The van der Waals surface area contributed by atoms with Crippen LogP contribution in [-0.4, -0.2) is 39.6 Å². The van der Waals surface area contributed by atoms with E-state index < -0.39 is 0 Å². The molecule has 7 nitrogen and oxygen atoms in total. The van der Waals surface area contributed by atoms with Gasteiger partial charge < -0.3 is 14.8 Å². The standard InChI is InChI=1S/C25H27N5O2S/c1-31-24-17-21(13-14-23(24)32-19-20-9-4-2-5-10-20)18-26-15-8-16-33-25-27-28-29-30(25)22-11-6-3-7-12-22/h2-7,9-14,17,26H,8,15-16,18-19H2,1H3. The molecule has 8 heteroatoms. The molecule has 0 aliphatic carbocycles. The fourth-order valence-corrected chi connectivity index (χ4v) is 4.10. The SMILES string of the molecule is COc1cc(CNCCCSc2nnnn2-c2ccccc2)ccc1OCc1ccccc1. The van der Waals surface area contributed by atoms with E-state index in [0.29, 0.717) is 6.61 Å². The Hall–Kier alpha value is -3.36. The van der Waals surface area contributed by atoms with Gasteiger partial charge in [-0.25, -0.2) is 0 Å². The van der Waals surface area contributed by atoms with Gasteiger partial charge in [-0.15, -0.1) is 5.10 Å². The summed E-state index contributed by atoms with van der Waals surface area (Å²) in [5.41, 5.74) is 3.24. The van der Waals surface area contributed by atoms with Crippen molar-refractivity contribution in [2.45, 2.75) is 24.7 Å². The van der Waals surface area contributed by atoms with Crippen LogP contribution in [0, 0.1) is 0 Å². The Balaban J connectivity index is 1.20. The van der Waals surface area contributed by atoms with Crippen molar-refractivity contribution in [3.8, 4) is 17.2 Å². The molecule has 0 amide bonds. The second kappa shape index (κ2) is 12.0. The molecule has 1 heterocycles. The Bertz CT molecular complexity index is 1120. The zero-order valence-electron chi connectivity index (χ0n) is 18.6. The molecule has 0 radical (unpaired) electrons. The van der Waals surface area contributed by atoms with Crippen LogP contribution in [0.15, 0.2) is 84.0 Å². The maximum atomic E-state index is 5.94. The number of methoxy groups -OCH3 is 1. The van der Waals surface area contributed by atoms with Crippen LogP contribution in [0.4, 0.5) is 0 Å². The van der Waals surface area contributed by atoms with Gasteiger partial charge in [-0.3, -0.25) is 0 Å². The summed E-state index contributed by atoms with van der Waals surface area (Å²) in [5, 5.41) is 16.3. The minimum atomic E-state index is 0.514. The minimum Gasteiger partial charge on any atom is -0.493 e. The van der Waals surface area contributed by atoms with Crippen molar-refractivity contribution in [3.63, 3.8) is 0 Å². The first kappa shape index (κ1) is 22.8. The number of benzene rings is 3. The first-order valence-corrected chi connectivity index (χ1v) is 11.8. The summed E-state index contributed by atoms with van der Waals surface area (Å²) in [6, 6.07) is 26.1. The predicted octanol–water partition coefficient (Wildman–Crippen LogP) is 4.52. The third-order valence-electron chi connectivity index (χ3n) is 4.97. The van der Waals surface area contributed by atoms with Crippen molar-refractivity contribution in [1.82, 2.24) is 25.5 Å². The number of nitrogens with zero attached hydrogens (tertiary/aromatic N) is 4. The van der Waals surface area contributed by atoms with Crippen molar-refractivity contribution < 1.29 is 9.47 Å². The highest BCUT2D eigenvalue weighted by molar-refractivity contribution is 7.99. The van der Waals surface area contributed by atoms with Gasteiger partial charge in [0.15, 0.2) is 11.5 Å². The first-order valence-electron chi connectivity index (χ1n) is 10.8. The molecule has 33 heavy (non-hydrogen) atoms. The third-order valence-corrected chi connectivity index (χ3v) is 5.97. The number of nitrogens with one attached hydrogen (secondary N) is 1. The van der Waals surface area contributed by atoms with E-state index in [1.54, 1.807) is 23.6 Å². The van der Waals surface area contributed by atoms with E-state index in [1.165, 1.54) is 0 Å². The van der Waals surface area contributed by atoms with Gasteiger partial charge in [0.2, 0.25) is 5.16 Å². The van der Waals surface area contributed by atoms with E-state index in [-0.39, 0.29) is 0 Å². The van der Waals surface area contributed by atoms with E-state index in [2.05, 4.69) is 26.9 Å². The normalized spacial score (nSPS) is 10.8. The Kier molecular flexibility index (Phi) is 8.32. The highest BCUT2D eigenvalue weighted by atomic mass is 32.2. The van der Waals surface area contributed by atoms with Gasteiger partial charge in [0.25, 0.3) is 0 Å². The molecule has 0 aliphatic rings. The average molecular weight is 462 g/mol. The molecule has 170 valence electrons. The number of tetrazole rings is 1. The van der Waals surface area contributed by atoms with Crippen molar-refractivity contribution in [3.05, 3.63) is 90.0 Å². The Labute approximate surface area is 198 Å². The molecule has 0 fully saturated rings. The van der Waals surface area contributed by atoms with Crippen molar-refractivity contribution in [2.75, 3.05) is 19.4 Å². The molecule has 0 bridgehead atoms. The highest BCUT2D eigenvalue weighted by Gasteiger charge is 2.09. The summed E-state index contributed by atoms with van der Waals surface area (Å²) < 4.78 is 13.2. The molecule has 0 aliphatic heterocycles. The van der Waals surface area contributed by atoms with Gasteiger partial charge in [-0.05, 0) is 58.8 Å². The molecule has 3 aromatic carbocycles.